The number of carbonyl (C=O) groups excluding carboxylic acids is 1. The molecule has 86 valence electrons. The average Bonchev–Trinajstić information content (AvgIpc) is 2.42. The first kappa shape index (κ1) is 11.7. The molecule has 4 nitrogen and oxygen atoms in total. The molecular formula is C11H13IN2O2. The van der Waals surface area contributed by atoms with Crippen LogP contribution in [0.3, 0.4) is 0 Å². The Bertz CT molecular complexity index is 397. The van der Waals surface area contributed by atoms with Crippen molar-refractivity contribution < 1.29 is 9.53 Å². The van der Waals surface area contributed by atoms with Crippen molar-refractivity contribution in [2.24, 2.45) is 0 Å². The fourth-order valence-electron chi connectivity index (χ4n) is 1.75. The lowest BCUT2D eigenvalue weighted by molar-refractivity contribution is -0.119. The largest absolute Gasteiger partial charge is 0.364 e. The molecule has 1 amide bonds. The number of ether oxygens (including phenoxy) is 1. The molecule has 0 fully saturated rings. The Morgan fingerprint density at radius 3 is 2.75 bits per heavy atom. The molecular weight excluding hydrogens is 319 g/mol. The van der Waals surface area contributed by atoms with Gasteiger partial charge in [0.1, 0.15) is 6.73 Å². The maximum atomic E-state index is 11.9. The van der Waals surface area contributed by atoms with Gasteiger partial charge in [-0.1, -0.05) is 12.1 Å². The van der Waals surface area contributed by atoms with Gasteiger partial charge in [0.05, 0.1) is 34.2 Å². The minimum atomic E-state index is 0.105. The molecule has 0 saturated carbocycles. The van der Waals surface area contributed by atoms with E-state index in [2.05, 4.69) is 26.0 Å². The van der Waals surface area contributed by atoms with Crippen molar-refractivity contribution in [3.05, 3.63) is 24.3 Å². The highest BCUT2D eigenvalue weighted by atomic mass is 127. The molecule has 0 unspecified atom stereocenters. The van der Waals surface area contributed by atoms with Crippen LogP contribution in [-0.4, -0.2) is 26.3 Å². The molecule has 2 rings (SSSR count). The second-order valence-corrected chi connectivity index (χ2v) is 4.73. The van der Waals surface area contributed by atoms with E-state index in [1.807, 2.05) is 24.3 Å². The van der Waals surface area contributed by atoms with Crippen molar-refractivity contribution in [3.63, 3.8) is 0 Å². The average molecular weight is 332 g/mol. The third-order valence-electron chi connectivity index (χ3n) is 2.52. The number of rotatable bonds is 2. The maximum absolute atomic E-state index is 11.9. The van der Waals surface area contributed by atoms with Crippen molar-refractivity contribution in [1.82, 2.24) is 0 Å². The Morgan fingerprint density at radius 1 is 1.38 bits per heavy atom. The quantitative estimate of drug-likeness (QED) is 0.615. The van der Waals surface area contributed by atoms with Gasteiger partial charge in [-0.2, -0.15) is 0 Å². The lowest BCUT2D eigenvalue weighted by Gasteiger charge is -2.22. The Morgan fingerprint density at radius 2 is 2.06 bits per heavy atom. The summed E-state index contributed by atoms with van der Waals surface area (Å²) >= 11 is 2.24. The summed E-state index contributed by atoms with van der Waals surface area (Å²) in [5.41, 5.74) is 1.98. The Hall–Kier alpha value is -0.820. The number of para-hydroxylation sites is 2. The van der Waals surface area contributed by atoms with Gasteiger partial charge in [0.15, 0.2) is 0 Å². The van der Waals surface area contributed by atoms with E-state index < -0.39 is 0 Å². The SMILES string of the molecule is COCN1C(=O)CCN(I)c2ccccc21. The number of halogens is 1. The summed E-state index contributed by atoms with van der Waals surface area (Å²) < 4.78 is 7.15. The van der Waals surface area contributed by atoms with Gasteiger partial charge in [0, 0.05) is 20.1 Å². The van der Waals surface area contributed by atoms with Crippen molar-refractivity contribution in [2.75, 3.05) is 28.4 Å². The molecule has 5 heteroatoms. The zero-order valence-corrected chi connectivity index (χ0v) is 11.2. The zero-order chi connectivity index (χ0) is 11.5. The topological polar surface area (TPSA) is 32.8 Å². The highest BCUT2D eigenvalue weighted by Crippen LogP contribution is 2.34. The standard InChI is InChI=1S/C11H13IN2O2/c1-16-8-13-9-4-2-3-5-10(9)14(12)7-6-11(13)15/h2-5H,6-8H2,1H3. The smallest absolute Gasteiger partial charge is 0.230 e. The number of methoxy groups -OCH3 is 1. The number of amides is 1. The molecule has 1 heterocycles. The second kappa shape index (κ2) is 5.01. The molecule has 0 bridgehead atoms. The minimum Gasteiger partial charge on any atom is -0.364 e. The summed E-state index contributed by atoms with van der Waals surface area (Å²) in [6, 6.07) is 7.88. The normalized spacial score (nSPS) is 16.0. The Balaban J connectivity index is 2.44. The molecule has 0 N–H and O–H groups in total. The fourth-order valence-corrected chi connectivity index (χ4v) is 2.40. The van der Waals surface area contributed by atoms with E-state index in [0.29, 0.717) is 13.2 Å². The molecule has 0 spiro atoms. The molecule has 16 heavy (non-hydrogen) atoms. The number of carbonyl (C=O) groups is 1. The van der Waals surface area contributed by atoms with E-state index in [-0.39, 0.29) is 5.91 Å². The van der Waals surface area contributed by atoms with E-state index in [1.165, 1.54) is 0 Å². The summed E-state index contributed by atoms with van der Waals surface area (Å²) in [5, 5.41) is 0. The molecule has 1 aromatic carbocycles. The predicted molar refractivity (Wildman–Crippen MR) is 71.8 cm³/mol. The van der Waals surface area contributed by atoms with Crippen LogP contribution in [0.5, 0.6) is 0 Å². The first-order valence-corrected chi connectivity index (χ1v) is 6.02. The van der Waals surface area contributed by atoms with Crippen molar-refractivity contribution in [3.8, 4) is 0 Å². The maximum Gasteiger partial charge on any atom is 0.230 e. The molecule has 1 aliphatic rings. The Labute approximate surface area is 109 Å². The van der Waals surface area contributed by atoms with Crippen LogP contribution in [0.15, 0.2) is 24.3 Å². The molecule has 0 saturated heterocycles. The number of hydrogen-bond acceptors (Lipinski definition) is 3. The summed E-state index contributed by atoms with van der Waals surface area (Å²) in [5.74, 6) is 0.105. The molecule has 1 aliphatic heterocycles. The fraction of sp³-hybridized carbons (Fsp3) is 0.364. The highest BCUT2D eigenvalue weighted by Gasteiger charge is 2.24. The zero-order valence-electron chi connectivity index (χ0n) is 9.02. The van der Waals surface area contributed by atoms with Crippen LogP contribution in [0.2, 0.25) is 0 Å². The molecule has 1 aromatic rings. The van der Waals surface area contributed by atoms with Crippen LogP contribution in [0.1, 0.15) is 6.42 Å². The third kappa shape index (κ3) is 2.15. The van der Waals surface area contributed by atoms with Gasteiger partial charge >= 0.3 is 0 Å². The number of hydrogen-bond donors (Lipinski definition) is 0. The van der Waals surface area contributed by atoms with Gasteiger partial charge in [-0.05, 0) is 12.1 Å². The van der Waals surface area contributed by atoms with Gasteiger partial charge in [-0.25, -0.2) is 0 Å². The van der Waals surface area contributed by atoms with Crippen molar-refractivity contribution >= 4 is 40.1 Å². The number of fused-ring (bicyclic) bond motifs is 1. The van der Waals surface area contributed by atoms with Gasteiger partial charge < -0.3 is 7.85 Å². The second-order valence-electron chi connectivity index (χ2n) is 3.56. The summed E-state index contributed by atoms with van der Waals surface area (Å²) in [4.78, 5) is 13.6. The summed E-state index contributed by atoms with van der Waals surface area (Å²) in [7, 11) is 1.60. The molecule has 0 radical (unpaired) electrons. The van der Waals surface area contributed by atoms with E-state index >= 15 is 0 Å². The predicted octanol–water partition coefficient (Wildman–Crippen LogP) is 2.18. The van der Waals surface area contributed by atoms with E-state index in [1.54, 1.807) is 12.0 Å². The molecule has 0 aromatic heterocycles. The van der Waals surface area contributed by atoms with E-state index in [0.717, 1.165) is 17.9 Å². The first-order chi connectivity index (χ1) is 7.74. The van der Waals surface area contributed by atoms with Gasteiger partial charge in [0.2, 0.25) is 5.91 Å². The van der Waals surface area contributed by atoms with Crippen molar-refractivity contribution in [1.29, 1.82) is 0 Å². The van der Waals surface area contributed by atoms with Crippen LogP contribution in [0.4, 0.5) is 11.4 Å². The summed E-state index contributed by atoms with van der Waals surface area (Å²) in [6.07, 6.45) is 0.515. The van der Waals surface area contributed by atoms with Crippen LogP contribution >= 0.6 is 22.9 Å². The van der Waals surface area contributed by atoms with E-state index in [9.17, 15) is 4.79 Å². The third-order valence-corrected chi connectivity index (χ3v) is 3.52. The van der Waals surface area contributed by atoms with E-state index in [4.69, 9.17) is 4.74 Å². The minimum absolute atomic E-state index is 0.105. The number of benzene rings is 1. The summed E-state index contributed by atoms with van der Waals surface area (Å²) in [6.45, 7) is 1.04. The lowest BCUT2D eigenvalue weighted by atomic mass is 10.2. The Kier molecular flexibility index (Phi) is 3.65. The van der Waals surface area contributed by atoms with Crippen LogP contribution in [0, 0.1) is 0 Å². The van der Waals surface area contributed by atoms with Gasteiger partial charge in [-0.3, -0.25) is 9.69 Å². The van der Waals surface area contributed by atoms with Crippen LogP contribution in [-0.2, 0) is 9.53 Å². The van der Waals surface area contributed by atoms with Gasteiger partial charge in [-0.15, -0.1) is 0 Å². The monoisotopic (exact) mass is 332 g/mol. The number of nitrogens with zero attached hydrogens (tertiary/aromatic N) is 2. The van der Waals surface area contributed by atoms with Crippen LogP contribution < -0.4 is 8.01 Å². The highest BCUT2D eigenvalue weighted by molar-refractivity contribution is 14.1. The van der Waals surface area contributed by atoms with Gasteiger partial charge in [0.25, 0.3) is 0 Å². The lowest BCUT2D eigenvalue weighted by Crippen LogP contribution is -2.32. The molecule has 0 atom stereocenters. The van der Waals surface area contributed by atoms with Crippen LogP contribution in [0.25, 0.3) is 0 Å². The molecule has 0 aliphatic carbocycles. The first-order valence-electron chi connectivity index (χ1n) is 5.05. The number of anilines is 2. The van der Waals surface area contributed by atoms with Crippen molar-refractivity contribution in [2.45, 2.75) is 6.42 Å².